The topological polar surface area (TPSA) is 67.0 Å². The van der Waals surface area contributed by atoms with Crippen molar-refractivity contribution >= 4 is 22.7 Å². The fraction of sp³-hybridized carbons (Fsp3) is 0.0476. The molecule has 0 aliphatic heterocycles. The highest BCUT2D eigenvalue weighted by Gasteiger charge is 2.10. The van der Waals surface area contributed by atoms with Crippen LogP contribution < -0.4 is 5.32 Å². The van der Waals surface area contributed by atoms with E-state index in [4.69, 9.17) is 4.74 Å². The quantitative estimate of drug-likeness (QED) is 0.545. The van der Waals surface area contributed by atoms with Gasteiger partial charge in [0.25, 0.3) is 0 Å². The molecule has 2 aromatic carbocycles. The van der Waals surface area contributed by atoms with Crippen molar-refractivity contribution in [3.05, 3.63) is 73.2 Å². The van der Waals surface area contributed by atoms with Crippen LogP contribution in [0.15, 0.2) is 73.2 Å². The maximum Gasteiger partial charge on any atom is 0.411 e. The van der Waals surface area contributed by atoms with Crippen molar-refractivity contribution in [2.24, 2.45) is 0 Å². The second-order valence-corrected chi connectivity index (χ2v) is 5.90. The van der Waals surface area contributed by atoms with Crippen LogP contribution in [0.5, 0.6) is 0 Å². The first-order chi connectivity index (χ1) is 12.7. The van der Waals surface area contributed by atoms with Crippen LogP contribution in [0.25, 0.3) is 33.2 Å². The van der Waals surface area contributed by atoms with Crippen LogP contribution in [-0.2, 0) is 4.74 Å². The molecule has 0 atom stereocenters. The third-order valence-corrected chi connectivity index (χ3v) is 4.28. The van der Waals surface area contributed by atoms with Crippen LogP contribution in [0.4, 0.5) is 10.5 Å². The first-order valence-corrected chi connectivity index (χ1v) is 8.21. The third kappa shape index (κ3) is 3.02. The number of H-pyrrole nitrogens is 1. The molecule has 0 aliphatic rings. The summed E-state index contributed by atoms with van der Waals surface area (Å²) in [5.74, 6) is 0. The summed E-state index contributed by atoms with van der Waals surface area (Å²) in [6, 6.07) is 18.0. The van der Waals surface area contributed by atoms with E-state index in [2.05, 4.69) is 33.5 Å². The molecule has 0 fully saturated rings. The van der Waals surface area contributed by atoms with E-state index in [1.807, 2.05) is 42.6 Å². The number of carbonyl (C=O) groups is 1. The molecular formula is C21H17N3O2. The Labute approximate surface area is 150 Å². The van der Waals surface area contributed by atoms with Gasteiger partial charge in [-0.1, -0.05) is 12.1 Å². The molecule has 0 bridgehead atoms. The molecule has 26 heavy (non-hydrogen) atoms. The molecule has 4 rings (SSSR count). The Balaban J connectivity index is 1.89. The van der Waals surface area contributed by atoms with Crippen LogP contribution in [0.2, 0.25) is 0 Å². The van der Waals surface area contributed by atoms with Crippen molar-refractivity contribution in [1.29, 1.82) is 0 Å². The number of benzene rings is 2. The molecule has 5 heteroatoms. The van der Waals surface area contributed by atoms with Crippen molar-refractivity contribution in [3.63, 3.8) is 0 Å². The summed E-state index contributed by atoms with van der Waals surface area (Å²) in [6.07, 6.45) is 4.93. The molecule has 2 aromatic heterocycles. The van der Waals surface area contributed by atoms with Gasteiger partial charge in [0.15, 0.2) is 0 Å². The Morgan fingerprint density at radius 3 is 2.62 bits per heavy atom. The fourth-order valence-electron chi connectivity index (χ4n) is 3.07. The zero-order valence-corrected chi connectivity index (χ0v) is 14.2. The van der Waals surface area contributed by atoms with Gasteiger partial charge in [-0.2, -0.15) is 0 Å². The molecule has 4 aromatic rings. The molecule has 0 saturated carbocycles. The van der Waals surface area contributed by atoms with Crippen LogP contribution >= 0.6 is 0 Å². The minimum atomic E-state index is -0.498. The second kappa shape index (κ2) is 6.72. The summed E-state index contributed by atoms with van der Waals surface area (Å²) in [5.41, 5.74) is 5.86. The minimum Gasteiger partial charge on any atom is -0.453 e. The van der Waals surface area contributed by atoms with Crippen LogP contribution in [-0.4, -0.2) is 23.2 Å². The zero-order valence-electron chi connectivity index (χ0n) is 14.2. The number of aromatic amines is 1. The van der Waals surface area contributed by atoms with Crippen molar-refractivity contribution < 1.29 is 9.53 Å². The predicted molar refractivity (Wildman–Crippen MR) is 103 cm³/mol. The van der Waals surface area contributed by atoms with Gasteiger partial charge in [-0.15, -0.1) is 0 Å². The Kier molecular flexibility index (Phi) is 4.11. The number of rotatable bonds is 3. The summed E-state index contributed by atoms with van der Waals surface area (Å²) in [4.78, 5) is 19.0. The fourth-order valence-corrected chi connectivity index (χ4v) is 3.07. The number of nitrogens with zero attached hydrogens (tertiary/aromatic N) is 1. The summed E-state index contributed by atoms with van der Waals surface area (Å²) < 4.78 is 4.74. The number of fused-ring (bicyclic) bond motifs is 1. The standard InChI is InChI=1S/C21H17N3O2/c1-26-21(25)24-17-12-15(14-5-8-22-9-6-14)11-16(13-17)18-3-2-4-20-19(18)7-10-23-20/h2-13,23H,1H3,(H,24,25). The highest BCUT2D eigenvalue weighted by molar-refractivity contribution is 5.97. The Bertz CT molecular complexity index is 1070. The highest BCUT2D eigenvalue weighted by Crippen LogP contribution is 2.34. The van der Waals surface area contributed by atoms with Gasteiger partial charge in [0.2, 0.25) is 0 Å². The molecule has 0 aliphatic carbocycles. The van der Waals surface area contributed by atoms with Crippen molar-refractivity contribution in [3.8, 4) is 22.3 Å². The minimum absolute atomic E-state index is 0.498. The van der Waals surface area contributed by atoms with E-state index in [1.165, 1.54) is 7.11 Å². The van der Waals surface area contributed by atoms with Gasteiger partial charge in [-0.25, -0.2) is 4.79 Å². The molecule has 128 valence electrons. The summed E-state index contributed by atoms with van der Waals surface area (Å²) in [5, 5.41) is 3.90. The van der Waals surface area contributed by atoms with Gasteiger partial charge in [-0.3, -0.25) is 10.3 Å². The number of ether oxygens (including phenoxy) is 1. The molecule has 2 N–H and O–H groups in total. The average molecular weight is 343 g/mol. The van der Waals surface area contributed by atoms with E-state index < -0.39 is 6.09 Å². The lowest BCUT2D eigenvalue weighted by molar-refractivity contribution is 0.187. The average Bonchev–Trinajstić information content (AvgIpc) is 3.17. The first kappa shape index (κ1) is 15.9. The normalized spacial score (nSPS) is 10.7. The molecule has 0 unspecified atom stereocenters. The van der Waals surface area contributed by atoms with E-state index in [1.54, 1.807) is 12.4 Å². The van der Waals surface area contributed by atoms with E-state index in [9.17, 15) is 4.79 Å². The Morgan fingerprint density at radius 2 is 1.81 bits per heavy atom. The van der Waals surface area contributed by atoms with E-state index in [-0.39, 0.29) is 0 Å². The van der Waals surface area contributed by atoms with Gasteiger partial charge >= 0.3 is 6.09 Å². The first-order valence-electron chi connectivity index (χ1n) is 8.21. The second-order valence-electron chi connectivity index (χ2n) is 5.90. The van der Waals surface area contributed by atoms with E-state index >= 15 is 0 Å². The lowest BCUT2D eigenvalue weighted by Gasteiger charge is -2.12. The predicted octanol–water partition coefficient (Wildman–Crippen LogP) is 5.08. The van der Waals surface area contributed by atoms with E-state index in [0.29, 0.717) is 5.69 Å². The highest BCUT2D eigenvalue weighted by atomic mass is 16.5. The van der Waals surface area contributed by atoms with Crippen molar-refractivity contribution in [2.75, 3.05) is 12.4 Å². The lowest BCUT2D eigenvalue weighted by atomic mass is 9.96. The number of pyridine rings is 1. The number of carbonyl (C=O) groups excluding carboxylic acids is 1. The van der Waals surface area contributed by atoms with Gasteiger partial charge in [0, 0.05) is 35.2 Å². The maximum atomic E-state index is 11.7. The summed E-state index contributed by atoms with van der Waals surface area (Å²) in [7, 11) is 1.35. The van der Waals surface area contributed by atoms with Gasteiger partial charge < -0.3 is 9.72 Å². The molecule has 0 saturated heterocycles. The molecule has 0 spiro atoms. The molecule has 1 amide bonds. The smallest absolute Gasteiger partial charge is 0.411 e. The van der Waals surface area contributed by atoms with Crippen LogP contribution in [0.1, 0.15) is 0 Å². The van der Waals surface area contributed by atoms with E-state index in [0.717, 1.165) is 33.2 Å². The number of hydrogen-bond acceptors (Lipinski definition) is 3. The number of nitrogens with one attached hydrogen (secondary N) is 2. The number of hydrogen-bond donors (Lipinski definition) is 2. The summed E-state index contributed by atoms with van der Waals surface area (Å²) in [6.45, 7) is 0. The SMILES string of the molecule is COC(=O)Nc1cc(-c2ccncc2)cc(-c2cccc3[nH]ccc23)c1. The molecule has 0 radical (unpaired) electrons. The lowest BCUT2D eigenvalue weighted by Crippen LogP contribution is -2.11. The molecule has 2 heterocycles. The zero-order chi connectivity index (χ0) is 17.9. The van der Waals surface area contributed by atoms with Gasteiger partial charge in [0.05, 0.1) is 7.11 Å². The third-order valence-electron chi connectivity index (χ3n) is 4.28. The summed E-state index contributed by atoms with van der Waals surface area (Å²) >= 11 is 0. The van der Waals surface area contributed by atoms with Crippen LogP contribution in [0.3, 0.4) is 0 Å². The largest absolute Gasteiger partial charge is 0.453 e. The van der Waals surface area contributed by atoms with Gasteiger partial charge in [0.1, 0.15) is 0 Å². The number of anilines is 1. The monoisotopic (exact) mass is 343 g/mol. The molecule has 5 nitrogen and oxygen atoms in total. The maximum absolute atomic E-state index is 11.7. The van der Waals surface area contributed by atoms with Crippen molar-refractivity contribution in [2.45, 2.75) is 0 Å². The number of methoxy groups -OCH3 is 1. The van der Waals surface area contributed by atoms with Crippen molar-refractivity contribution in [1.82, 2.24) is 9.97 Å². The Morgan fingerprint density at radius 1 is 1.00 bits per heavy atom. The Hall–Kier alpha value is -3.60. The number of aromatic nitrogens is 2. The van der Waals surface area contributed by atoms with Gasteiger partial charge in [-0.05, 0) is 64.7 Å². The van der Waals surface area contributed by atoms with Crippen LogP contribution in [0, 0.1) is 0 Å². The molecular weight excluding hydrogens is 326 g/mol. The number of amides is 1.